The number of rotatable bonds is 1. The van der Waals surface area contributed by atoms with Crippen LogP contribution in [0.5, 0.6) is 0 Å². The second-order valence-electron chi connectivity index (χ2n) is 3.52. The maximum atomic E-state index is 5.33. The van der Waals surface area contributed by atoms with Crippen LogP contribution in [-0.2, 0) is 0 Å². The first-order chi connectivity index (χ1) is 7.83. The van der Waals surface area contributed by atoms with E-state index >= 15 is 0 Å². The minimum atomic E-state index is 0.461. The summed E-state index contributed by atoms with van der Waals surface area (Å²) in [6.45, 7) is 1.76. The van der Waals surface area contributed by atoms with Crippen LogP contribution in [-0.4, -0.2) is 15.2 Å². The summed E-state index contributed by atoms with van der Waals surface area (Å²) >= 11 is 0. The molecule has 2 aromatic heterocycles. The second-order valence-corrected chi connectivity index (χ2v) is 3.52. The van der Waals surface area contributed by atoms with Gasteiger partial charge in [0.1, 0.15) is 5.69 Å². The summed E-state index contributed by atoms with van der Waals surface area (Å²) in [7, 11) is 0. The molecule has 0 aliphatic heterocycles. The van der Waals surface area contributed by atoms with Crippen molar-refractivity contribution in [3.05, 3.63) is 42.3 Å². The van der Waals surface area contributed by atoms with Gasteiger partial charge in [0.25, 0.3) is 5.89 Å². The monoisotopic (exact) mass is 211 g/mol. The van der Waals surface area contributed by atoms with Gasteiger partial charge in [0.2, 0.25) is 5.89 Å². The molecule has 0 saturated heterocycles. The molecule has 0 aliphatic rings. The number of para-hydroxylation sites is 1. The van der Waals surface area contributed by atoms with Gasteiger partial charge in [0.05, 0.1) is 5.52 Å². The first kappa shape index (κ1) is 9.03. The van der Waals surface area contributed by atoms with Crippen LogP contribution in [0.3, 0.4) is 0 Å². The maximum Gasteiger partial charge on any atom is 0.266 e. The van der Waals surface area contributed by atoms with Gasteiger partial charge < -0.3 is 4.42 Å². The third-order valence-electron chi connectivity index (χ3n) is 2.34. The molecule has 0 aliphatic carbocycles. The molecular formula is C12H9N3O. The number of hydrogen-bond acceptors (Lipinski definition) is 4. The average Bonchev–Trinajstić information content (AvgIpc) is 2.75. The van der Waals surface area contributed by atoms with Crippen molar-refractivity contribution in [1.82, 2.24) is 15.2 Å². The SMILES string of the molecule is Cc1nnc(-c2ccc3ccccc3n2)o1. The number of aryl methyl sites for hydroxylation is 1. The first-order valence-electron chi connectivity index (χ1n) is 4.99. The Hall–Kier alpha value is -2.23. The van der Waals surface area contributed by atoms with E-state index in [1.807, 2.05) is 36.4 Å². The van der Waals surface area contributed by atoms with Gasteiger partial charge in [-0.25, -0.2) is 4.98 Å². The molecule has 1 aromatic carbocycles. The lowest BCUT2D eigenvalue weighted by molar-refractivity contribution is 0.531. The van der Waals surface area contributed by atoms with Crippen LogP contribution >= 0.6 is 0 Å². The van der Waals surface area contributed by atoms with Gasteiger partial charge >= 0.3 is 0 Å². The van der Waals surface area contributed by atoms with E-state index in [4.69, 9.17) is 4.42 Å². The van der Waals surface area contributed by atoms with Crippen LogP contribution in [0, 0.1) is 6.92 Å². The zero-order valence-electron chi connectivity index (χ0n) is 8.71. The third kappa shape index (κ3) is 1.44. The summed E-state index contributed by atoms with van der Waals surface area (Å²) in [5, 5.41) is 8.83. The van der Waals surface area contributed by atoms with Gasteiger partial charge in [-0.15, -0.1) is 10.2 Å². The standard InChI is InChI=1S/C12H9N3O/c1-8-14-15-12(16-8)11-7-6-9-4-2-3-5-10(9)13-11/h2-7H,1H3. The third-order valence-corrected chi connectivity index (χ3v) is 2.34. The number of fused-ring (bicyclic) bond motifs is 1. The topological polar surface area (TPSA) is 51.8 Å². The molecule has 78 valence electrons. The highest BCUT2D eigenvalue weighted by molar-refractivity contribution is 5.80. The Labute approximate surface area is 92.0 Å². The van der Waals surface area contributed by atoms with Gasteiger partial charge in [-0.1, -0.05) is 24.3 Å². The fraction of sp³-hybridized carbons (Fsp3) is 0.0833. The molecule has 2 heterocycles. The van der Waals surface area contributed by atoms with Gasteiger partial charge in [0.15, 0.2) is 0 Å². The van der Waals surface area contributed by atoms with Crippen molar-refractivity contribution in [1.29, 1.82) is 0 Å². The van der Waals surface area contributed by atoms with Gasteiger partial charge in [-0.3, -0.25) is 0 Å². The van der Waals surface area contributed by atoms with E-state index in [1.54, 1.807) is 6.92 Å². The molecule has 0 amide bonds. The number of aromatic nitrogens is 3. The van der Waals surface area contributed by atoms with Crippen LogP contribution in [0.1, 0.15) is 5.89 Å². The molecule has 3 aromatic rings. The first-order valence-corrected chi connectivity index (χ1v) is 4.99. The lowest BCUT2D eigenvalue weighted by Crippen LogP contribution is -1.84. The molecule has 0 N–H and O–H groups in total. The summed E-state index contributed by atoms with van der Waals surface area (Å²) in [4.78, 5) is 4.46. The van der Waals surface area contributed by atoms with E-state index in [-0.39, 0.29) is 0 Å². The largest absolute Gasteiger partial charge is 0.420 e. The van der Waals surface area contributed by atoms with Crippen molar-refractivity contribution in [2.45, 2.75) is 6.92 Å². The normalized spacial score (nSPS) is 10.8. The van der Waals surface area contributed by atoms with Crippen molar-refractivity contribution in [2.24, 2.45) is 0 Å². The second kappa shape index (κ2) is 3.41. The Morgan fingerprint density at radius 1 is 1.00 bits per heavy atom. The summed E-state index contributed by atoms with van der Waals surface area (Å²) in [6.07, 6.45) is 0. The number of nitrogens with zero attached hydrogens (tertiary/aromatic N) is 3. The molecule has 16 heavy (non-hydrogen) atoms. The zero-order chi connectivity index (χ0) is 11.0. The van der Waals surface area contributed by atoms with E-state index < -0.39 is 0 Å². The fourth-order valence-corrected chi connectivity index (χ4v) is 1.59. The van der Waals surface area contributed by atoms with Crippen molar-refractivity contribution in [3.63, 3.8) is 0 Å². The molecule has 0 fully saturated rings. The van der Waals surface area contributed by atoms with E-state index in [0.29, 0.717) is 17.5 Å². The quantitative estimate of drug-likeness (QED) is 0.620. The number of hydrogen-bond donors (Lipinski definition) is 0. The average molecular weight is 211 g/mol. The highest BCUT2D eigenvalue weighted by Crippen LogP contribution is 2.19. The van der Waals surface area contributed by atoms with Crippen LogP contribution in [0.4, 0.5) is 0 Å². The highest BCUT2D eigenvalue weighted by Gasteiger charge is 2.07. The molecule has 3 rings (SSSR count). The lowest BCUT2D eigenvalue weighted by Gasteiger charge is -1.98. The lowest BCUT2D eigenvalue weighted by atomic mass is 10.2. The van der Waals surface area contributed by atoms with E-state index in [1.165, 1.54) is 0 Å². The molecule has 0 radical (unpaired) electrons. The molecule has 4 nitrogen and oxygen atoms in total. The van der Waals surface area contributed by atoms with Crippen molar-refractivity contribution in [3.8, 4) is 11.6 Å². The Balaban J connectivity index is 2.18. The Kier molecular flexibility index (Phi) is 1.93. The van der Waals surface area contributed by atoms with Crippen molar-refractivity contribution < 1.29 is 4.42 Å². The molecule has 4 heteroatoms. The van der Waals surface area contributed by atoms with Crippen LogP contribution in [0.2, 0.25) is 0 Å². The fourth-order valence-electron chi connectivity index (χ4n) is 1.59. The molecule has 0 saturated carbocycles. The summed E-state index contributed by atoms with van der Waals surface area (Å²) in [5.74, 6) is 1.01. The Morgan fingerprint density at radius 2 is 1.88 bits per heavy atom. The Morgan fingerprint density at radius 3 is 2.69 bits per heavy atom. The molecule has 0 atom stereocenters. The number of benzene rings is 1. The minimum absolute atomic E-state index is 0.461. The maximum absolute atomic E-state index is 5.33. The minimum Gasteiger partial charge on any atom is -0.420 e. The van der Waals surface area contributed by atoms with Crippen LogP contribution in [0.25, 0.3) is 22.5 Å². The highest BCUT2D eigenvalue weighted by atomic mass is 16.4. The summed E-state index contributed by atoms with van der Waals surface area (Å²) < 4.78 is 5.33. The Bertz CT molecular complexity index is 645. The van der Waals surface area contributed by atoms with Crippen LogP contribution in [0.15, 0.2) is 40.8 Å². The van der Waals surface area contributed by atoms with Gasteiger partial charge in [-0.05, 0) is 12.1 Å². The summed E-state index contributed by atoms with van der Waals surface area (Å²) in [5.41, 5.74) is 1.63. The van der Waals surface area contributed by atoms with E-state index in [9.17, 15) is 0 Å². The van der Waals surface area contributed by atoms with Crippen molar-refractivity contribution >= 4 is 10.9 Å². The number of pyridine rings is 1. The van der Waals surface area contributed by atoms with Crippen LogP contribution < -0.4 is 0 Å². The van der Waals surface area contributed by atoms with Crippen molar-refractivity contribution in [2.75, 3.05) is 0 Å². The molecule has 0 bridgehead atoms. The predicted molar refractivity (Wildman–Crippen MR) is 59.8 cm³/mol. The molecule has 0 unspecified atom stereocenters. The van der Waals surface area contributed by atoms with E-state index in [0.717, 1.165) is 10.9 Å². The summed E-state index contributed by atoms with van der Waals surface area (Å²) in [6, 6.07) is 11.8. The smallest absolute Gasteiger partial charge is 0.266 e. The van der Waals surface area contributed by atoms with Gasteiger partial charge in [0, 0.05) is 12.3 Å². The molecule has 0 spiro atoms. The predicted octanol–water partition coefficient (Wildman–Crippen LogP) is 2.59. The molecular weight excluding hydrogens is 202 g/mol. The van der Waals surface area contributed by atoms with E-state index in [2.05, 4.69) is 15.2 Å². The zero-order valence-corrected chi connectivity index (χ0v) is 8.71. The van der Waals surface area contributed by atoms with Gasteiger partial charge in [-0.2, -0.15) is 0 Å².